The molecule has 0 unspecified atom stereocenters. The van der Waals surface area contributed by atoms with Crippen LogP contribution in [0.1, 0.15) is 58.9 Å². The maximum absolute atomic E-state index is 13.9. The van der Waals surface area contributed by atoms with Crippen LogP contribution in [0.2, 0.25) is 6.32 Å². The van der Waals surface area contributed by atoms with Crippen molar-refractivity contribution >= 4 is 24.8 Å². The largest absolute Gasteiger partial charge is 0.508 e. The molecular formula is C35H35BO6. The van der Waals surface area contributed by atoms with E-state index in [0.29, 0.717) is 24.0 Å². The van der Waals surface area contributed by atoms with Crippen LogP contribution in [0.3, 0.4) is 0 Å². The highest BCUT2D eigenvalue weighted by Crippen LogP contribution is 2.51. The smallest absolute Gasteiger partial charge is 0.455 e. The molecule has 1 saturated heterocycles. The molecule has 3 aromatic rings. The highest BCUT2D eigenvalue weighted by atomic mass is 16.5. The Balaban J connectivity index is 1.35. The second kappa shape index (κ2) is 12.1. The van der Waals surface area contributed by atoms with Gasteiger partial charge >= 0.3 is 7.12 Å². The van der Waals surface area contributed by atoms with Crippen molar-refractivity contribution in [2.45, 2.75) is 45.0 Å². The minimum Gasteiger partial charge on any atom is -0.508 e. The summed E-state index contributed by atoms with van der Waals surface area (Å²) >= 11 is 0. The summed E-state index contributed by atoms with van der Waals surface area (Å²) in [6.45, 7) is 2.39. The van der Waals surface area contributed by atoms with Crippen molar-refractivity contribution in [3.63, 3.8) is 0 Å². The number of allylic oxidation sites excluding steroid dienone is 1. The first-order valence-electron chi connectivity index (χ1n) is 14.8. The van der Waals surface area contributed by atoms with E-state index in [-0.39, 0.29) is 36.2 Å². The van der Waals surface area contributed by atoms with Gasteiger partial charge in [-0.3, -0.25) is 9.59 Å². The molecule has 3 aromatic carbocycles. The second-order valence-electron chi connectivity index (χ2n) is 11.5. The molecule has 7 heteroatoms. The molecular weight excluding hydrogens is 527 g/mol. The normalized spacial score (nSPS) is 23.8. The highest BCUT2D eigenvalue weighted by Gasteiger charge is 2.53. The fraction of sp³-hybridized carbons (Fsp3) is 0.314. The third-order valence-electron chi connectivity index (χ3n) is 8.94. The molecule has 0 spiro atoms. The molecule has 4 atom stereocenters. The second-order valence-corrected chi connectivity index (χ2v) is 11.5. The lowest BCUT2D eigenvalue weighted by Crippen LogP contribution is -2.51. The molecule has 0 aromatic heterocycles. The van der Waals surface area contributed by atoms with Crippen molar-refractivity contribution in [1.29, 1.82) is 0 Å². The van der Waals surface area contributed by atoms with Gasteiger partial charge in [0.05, 0.1) is 6.10 Å². The van der Waals surface area contributed by atoms with Crippen LogP contribution >= 0.6 is 0 Å². The maximum Gasteiger partial charge on any atom is 0.455 e. The number of benzene rings is 3. The van der Waals surface area contributed by atoms with Crippen LogP contribution in [0, 0.1) is 17.8 Å². The zero-order valence-corrected chi connectivity index (χ0v) is 23.7. The van der Waals surface area contributed by atoms with Crippen LogP contribution in [0.4, 0.5) is 0 Å². The molecule has 0 bridgehead atoms. The van der Waals surface area contributed by atoms with Crippen molar-refractivity contribution < 1.29 is 29.1 Å². The minimum absolute atomic E-state index is 0.00805. The number of para-hydroxylation sites is 1. The molecule has 2 N–H and O–H groups in total. The summed E-state index contributed by atoms with van der Waals surface area (Å²) in [6, 6.07) is 23.8. The monoisotopic (exact) mass is 562 g/mol. The van der Waals surface area contributed by atoms with Gasteiger partial charge in [0.2, 0.25) is 0 Å². The molecule has 0 radical (unpaired) electrons. The standard InChI is InChI=1S/C35H35BO6/c1-2-22(17-23-9-8-10-25(37)18-23)15-16-31-32-24(21-41-26-11-4-3-5-12-26)19-29-33(30(32)20-36(40)42-31)35(39)28-14-7-6-13-27(28)34(29)38/h3-14,17-18,29-31,33,37,40H,2,15-16,19-21H2,1H3/b22-17+/t29-,30+,31-,33-/m1/s1. The number of ether oxygens (including phenoxy) is 1. The Kier molecular flexibility index (Phi) is 8.14. The lowest BCUT2D eigenvalue weighted by Gasteiger charge is -2.47. The predicted octanol–water partition coefficient (Wildman–Crippen LogP) is 6.55. The highest BCUT2D eigenvalue weighted by molar-refractivity contribution is 6.43. The third kappa shape index (κ3) is 5.59. The number of phenols is 1. The average Bonchev–Trinajstić information content (AvgIpc) is 3.00. The maximum atomic E-state index is 13.9. The lowest BCUT2D eigenvalue weighted by atomic mass is 9.54. The van der Waals surface area contributed by atoms with E-state index in [2.05, 4.69) is 13.0 Å². The molecule has 1 aliphatic heterocycles. The molecule has 0 amide bonds. The molecule has 2 aliphatic carbocycles. The quantitative estimate of drug-likeness (QED) is 0.239. The summed E-state index contributed by atoms with van der Waals surface area (Å²) in [5.41, 5.74) is 5.07. The summed E-state index contributed by atoms with van der Waals surface area (Å²) in [6.07, 6.45) is 4.53. The number of carbonyl (C=O) groups is 2. The van der Waals surface area contributed by atoms with E-state index >= 15 is 0 Å². The number of ketones is 2. The van der Waals surface area contributed by atoms with Gasteiger partial charge < -0.3 is 19.5 Å². The summed E-state index contributed by atoms with van der Waals surface area (Å²) in [7, 11) is -1.03. The fourth-order valence-corrected chi connectivity index (χ4v) is 7.01. The van der Waals surface area contributed by atoms with Crippen molar-refractivity contribution in [2.24, 2.45) is 17.8 Å². The lowest BCUT2D eigenvalue weighted by molar-refractivity contribution is 0.0592. The third-order valence-corrected chi connectivity index (χ3v) is 8.94. The Morgan fingerprint density at radius 2 is 1.71 bits per heavy atom. The van der Waals surface area contributed by atoms with Gasteiger partial charge in [-0.1, -0.05) is 73.2 Å². The van der Waals surface area contributed by atoms with Crippen LogP contribution in [-0.2, 0) is 4.65 Å². The Hall–Kier alpha value is -3.94. The minimum atomic E-state index is -1.03. The van der Waals surface area contributed by atoms with E-state index in [1.54, 1.807) is 36.4 Å². The number of hydrogen-bond acceptors (Lipinski definition) is 6. The molecule has 6 rings (SSSR count). The molecule has 0 saturated carbocycles. The summed E-state index contributed by atoms with van der Waals surface area (Å²) < 4.78 is 12.4. The van der Waals surface area contributed by atoms with E-state index in [4.69, 9.17) is 9.39 Å². The van der Waals surface area contributed by atoms with Gasteiger partial charge in [-0.2, -0.15) is 0 Å². The van der Waals surface area contributed by atoms with Gasteiger partial charge in [0.25, 0.3) is 0 Å². The number of Topliss-reactive ketones (excluding diaryl/α,β-unsaturated/α-hetero) is 2. The first-order chi connectivity index (χ1) is 20.4. The summed E-state index contributed by atoms with van der Waals surface area (Å²) in [5.74, 6) is -0.402. The van der Waals surface area contributed by atoms with Gasteiger partial charge in [0.15, 0.2) is 11.6 Å². The number of aromatic hydroxyl groups is 1. The van der Waals surface area contributed by atoms with E-state index in [1.165, 1.54) is 5.57 Å². The van der Waals surface area contributed by atoms with Gasteiger partial charge in [0.1, 0.15) is 18.1 Å². The number of fused-ring (bicyclic) bond motifs is 4. The summed E-state index contributed by atoms with van der Waals surface area (Å²) in [5, 5.41) is 20.8. The van der Waals surface area contributed by atoms with Crippen LogP contribution in [0.25, 0.3) is 6.08 Å². The van der Waals surface area contributed by atoms with Crippen LogP contribution in [-0.4, -0.2) is 41.5 Å². The van der Waals surface area contributed by atoms with Gasteiger partial charge in [-0.15, -0.1) is 0 Å². The molecule has 1 heterocycles. The van der Waals surface area contributed by atoms with E-state index in [0.717, 1.165) is 35.3 Å². The van der Waals surface area contributed by atoms with Crippen LogP contribution in [0.5, 0.6) is 11.5 Å². The fourth-order valence-electron chi connectivity index (χ4n) is 7.01. The van der Waals surface area contributed by atoms with Crippen molar-refractivity contribution in [1.82, 2.24) is 0 Å². The molecule has 6 nitrogen and oxygen atoms in total. The van der Waals surface area contributed by atoms with E-state index in [9.17, 15) is 19.7 Å². The van der Waals surface area contributed by atoms with Crippen LogP contribution < -0.4 is 4.74 Å². The zero-order chi connectivity index (χ0) is 29.2. The van der Waals surface area contributed by atoms with Crippen molar-refractivity contribution in [3.8, 4) is 11.5 Å². The van der Waals surface area contributed by atoms with Gasteiger partial charge in [-0.05, 0) is 78.9 Å². The zero-order valence-electron chi connectivity index (χ0n) is 23.7. The van der Waals surface area contributed by atoms with Crippen molar-refractivity contribution in [3.05, 3.63) is 112 Å². The Labute approximate surface area is 246 Å². The van der Waals surface area contributed by atoms with E-state index < -0.39 is 25.1 Å². The Bertz CT molecular complexity index is 1540. The van der Waals surface area contributed by atoms with E-state index in [1.807, 2.05) is 42.5 Å². The number of rotatable bonds is 8. The molecule has 1 fully saturated rings. The molecule has 42 heavy (non-hydrogen) atoms. The molecule has 214 valence electrons. The SMILES string of the molecule is CC/C(=C\c1cccc(O)c1)CC[C@H]1OB(O)C[C@H]2C1=C(COc1ccccc1)C[C@H]1C(=O)c3ccccc3C(=O)[C@H]12. The number of hydrogen-bond donors (Lipinski definition) is 2. The summed E-state index contributed by atoms with van der Waals surface area (Å²) in [4.78, 5) is 27.7. The first-order valence-corrected chi connectivity index (χ1v) is 14.8. The number of phenolic OH excluding ortho intramolecular Hbond substituents is 1. The van der Waals surface area contributed by atoms with Crippen molar-refractivity contribution in [2.75, 3.05) is 6.61 Å². The number of carbonyl (C=O) groups excluding carboxylic acids is 2. The average molecular weight is 562 g/mol. The van der Waals surface area contributed by atoms with Gasteiger partial charge in [0, 0.05) is 23.0 Å². The predicted molar refractivity (Wildman–Crippen MR) is 162 cm³/mol. The van der Waals surface area contributed by atoms with Crippen LogP contribution in [0.15, 0.2) is 95.6 Å². The Morgan fingerprint density at radius 1 is 0.976 bits per heavy atom. The topological polar surface area (TPSA) is 93.1 Å². The Morgan fingerprint density at radius 3 is 2.45 bits per heavy atom. The molecule has 3 aliphatic rings. The first kappa shape index (κ1) is 28.2. The van der Waals surface area contributed by atoms with Gasteiger partial charge in [-0.25, -0.2) is 0 Å².